The van der Waals surface area contributed by atoms with E-state index in [0.717, 1.165) is 25.7 Å². The lowest BCUT2D eigenvalue weighted by molar-refractivity contribution is 0.0601. The van der Waals surface area contributed by atoms with Gasteiger partial charge in [0.15, 0.2) is 0 Å². The molecule has 1 aliphatic carbocycles. The molecule has 1 saturated heterocycles. The molecule has 0 aromatic rings. The Labute approximate surface area is 99.5 Å². The Morgan fingerprint density at radius 3 is 2.94 bits per heavy atom. The van der Waals surface area contributed by atoms with Gasteiger partial charge >= 0.3 is 0 Å². The molecule has 3 nitrogen and oxygen atoms in total. The first-order valence-electron chi connectivity index (χ1n) is 6.88. The highest BCUT2D eigenvalue weighted by atomic mass is 16.5. The van der Waals surface area contributed by atoms with E-state index in [2.05, 4.69) is 24.1 Å². The molecule has 0 bridgehead atoms. The summed E-state index contributed by atoms with van der Waals surface area (Å²) in [4.78, 5) is 2.62. The van der Waals surface area contributed by atoms with E-state index in [1.165, 1.54) is 32.2 Å². The first kappa shape index (κ1) is 12.3. The van der Waals surface area contributed by atoms with Gasteiger partial charge in [-0.1, -0.05) is 6.92 Å². The van der Waals surface area contributed by atoms with Gasteiger partial charge in [-0.3, -0.25) is 4.90 Å². The number of ether oxygens (including phenoxy) is 1. The van der Waals surface area contributed by atoms with Crippen LogP contribution in [0.2, 0.25) is 0 Å². The van der Waals surface area contributed by atoms with Gasteiger partial charge in [0.05, 0.1) is 6.10 Å². The Kier molecular flexibility index (Phi) is 4.62. The SMILES string of the molecule is CCC(CNC1CC1)N1CCCOC(C)C1. The second kappa shape index (κ2) is 5.99. The maximum Gasteiger partial charge on any atom is 0.0674 e. The summed E-state index contributed by atoms with van der Waals surface area (Å²) in [6.07, 6.45) is 5.60. The van der Waals surface area contributed by atoms with Crippen LogP contribution in [0.1, 0.15) is 39.5 Å². The summed E-state index contributed by atoms with van der Waals surface area (Å²) in [7, 11) is 0. The zero-order valence-corrected chi connectivity index (χ0v) is 10.7. The topological polar surface area (TPSA) is 24.5 Å². The molecule has 0 radical (unpaired) electrons. The summed E-state index contributed by atoms with van der Waals surface area (Å²) >= 11 is 0. The quantitative estimate of drug-likeness (QED) is 0.771. The van der Waals surface area contributed by atoms with E-state index in [4.69, 9.17) is 4.74 Å². The second-order valence-corrected chi connectivity index (χ2v) is 5.27. The Balaban J connectivity index is 1.79. The van der Waals surface area contributed by atoms with Crippen molar-refractivity contribution in [2.24, 2.45) is 0 Å². The molecular formula is C13H26N2O. The molecule has 0 aromatic heterocycles. The monoisotopic (exact) mass is 226 g/mol. The Bertz CT molecular complexity index is 206. The Hall–Kier alpha value is -0.120. The van der Waals surface area contributed by atoms with Gasteiger partial charge in [-0.05, 0) is 32.6 Å². The number of hydrogen-bond acceptors (Lipinski definition) is 3. The van der Waals surface area contributed by atoms with Gasteiger partial charge in [0.25, 0.3) is 0 Å². The van der Waals surface area contributed by atoms with Crippen LogP contribution in [0, 0.1) is 0 Å². The fourth-order valence-electron chi connectivity index (χ4n) is 2.48. The largest absolute Gasteiger partial charge is 0.377 e. The molecule has 94 valence electrons. The predicted octanol–water partition coefficient (Wildman–Crippen LogP) is 1.63. The molecule has 1 aliphatic heterocycles. The lowest BCUT2D eigenvalue weighted by Crippen LogP contribution is -2.45. The first-order valence-corrected chi connectivity index (χ1v) is 6.88. The van der Waals surface area contributed by atoms with E-state index < -0.39 is 0 Å². The minimum atomic E-state index is 0.400. The zero-order valence-electron chi connectivity index (χ0n) is 10.7. The van der Waals surface area contributed by atoms with Crippen molar-refractivity contribution >= 4 is 0 Å². The standard InChI is InChI=1S/C13H26N2O/c1-3-13(9-14-12-5-6-12)15-7-4-8-16-11(2)10-15/h11-14H,3-10H2,1-2H3. The normalized spacial score (nSPS) is 30.0. The molecule has 0 spiro atoms. The van der Waals surface area contributed by atoms with Crippen molar-refractivity contribution in [3.63, 3.8) is 0 Å². The first-order chi connectivity index (χ1) is 7.79. The van der Waals surface area contributed by atoms with Gasteiger partial charge in [0.2, 0.25) is 0 Å². The van der Waals surface area contributed by atoms with Gasteiger partial charge in [-0.15, -0.1) is 0 Å². The fraction of sp³-hybridized carbons (Fsp3) is 1.00. The van der Waals surface area contributed by atoms with Crippen LogP contribution in [-0.4, -0.2) is 49.3 Å². The molecule has 3 heteroatoms. The van der Waals surface area contributed by atoms with Crippen LogP contribution in [0.3, 0.4) is 0 Å². The maximum atomic E-state index is 5.70. The van der Waals surface area contributed by atoms with E-state index in [9.17, 15) is 0 Å². The number of hydrogen-bond donors (Lipinski definition) is 1. The van der Waals surface area contributed by atoms with Gasteiger partial charge in [-0.2, -0.15) is 0 Å². The zero-order chi connectivity index (χ0) is 11.4. The molecule has 1 N–H and O–H groups in total. The average Bonchev–Trinajstić information content (AvgIpc) is 3.07. The van der Waals surface area contributed by atoms with Gasteiger partial charge in [0, 0.05) is 38.3 Å². The van der Waals surface area contributed by atoms with E-state index in [0.29, 0.717) is 12.1 Å². The van der Waals surface area contributed by atoms with Crippen LogP contribution in [0.5, 0.6) is 0 Å². The van der Waals surface area contributed by atoms with Crippen molar-refractivity contribution in [1.29, 1.82) is 0 Å². The molecule has 2 unspecified atom stereocenters. The van der Waals surface area contributed by atoms with Crippen LogP contribution in [0.25, 0.3) is 0 Å². The molecule has 1 saturated carbocycles. The maximum absolute atomic E-state index is 5.70. The molecule has 16 heavy (non-hydrogen) atoms. The Morgan fingerprint density at radius 2 is 2.25 bits per heavy atom. The van der Waals surface area contributed by atoms with Gasteiger partial charge < -0.3 is 10.1 Å². The minimum absolute atomic E-state index is 0.400. The van der Waals surface area contributed by atoms with Crippen molar-refractivity contribution in [2.45, 2.75) is 57.7 Å². The summed E-state index contributed by atoms with van der Waals surface area (Å²) in [6, 6.07) is 1.53. The highest BCUT2D eigenvalue weighted by Crippen LogP contribution is 2.19. The Morgan fingerprint density at radius 1 is 1.44 bits per heavy atom. The molecule has 2 rings (SSSR count). The van der Waals surface area contributed by atoms with Crippen LogP contribution in [-0.2, 0) is 4.74 Å². The summed E-state index contributed by atoms with van der Waals surface area (Å²) in [5, 5.41) is 3.66. The number of nitrogens with zero attached hydrogens (tertiary/aromatic N) is 1. The van der Waals surface area contributed by atoms with E-state index >= 15 is 0 Å². The van der Waals surface area contributed by atoms with E-state index in [-0.39, 0.29) is 0 Å². The lowest BCUT2D eigenvalue weighted by atomic mass is 10.1. The summed E-state index contributed by atoms with van der Waals surface area (Å²) in [6.45, 7) is 8.90. The molecule has 2 fully saturated rings. The van der Waals surface area contributed by atoms with Crippen molar-refractivity contribution in [2.75, 3.05) is 26.2 Å². The number of nitrogens with one attached hydrogen (secondary N) is 1. The van der Waals surface area contributed by atoms with Crippen molar-refractivity contribution < 1.29 is 4.74 Å². The average molecular weight is 226 g/mol. The molecular weight excluding hydrogens is 200 g/mol. The lowest BCUT2D eigenvalue weighted by Gasteiger charge is -2.31. The fourth-order valence-corrected chi connectivity index (χ4v) is 2.48. The van der Waals surface area contributed by atoms with Gasteiger partial charge in [0.1, 0.15) is 0 Å². The highest BCUT2D eigenvalue weighted by Gasteiger charge is 2.25. The van der Waals surface area contributed by atoms with Crippen molar-refractivity contribution in [1.82, 2.24) is 10.2 Å². The number of rotatable bonds is 5. The molecule has 0 amide bonds. The third kappa shape index (κ3) is 3.72. The third-order valence-electron chi connectivity index (χ3n) is 3.69. The van der Waals surface area contributed by atoms with Crippen LogP contribution in [0.4, 0.5) is 0 Å². The molecule has 0 aromatic carbocycles. The van der Waals surface area contributed by atoms with Crippen LogP contribution >= 0.6 is 0 Å². The minimum Gasteiger partial charge on any atom is -0.377 e. The van der Waals surface area contributed by atoms with Crippen LogP contribution < -0.4 is 5.32 Å². The summed E-state index contributed by atoms with van der Waals surface area (Å²) in [5.41, 5.74) is 0. The predicted molar refractivity (Wildman–Crippen MR) is 66.7 cm³/mol. The van der Waals surface area contributed by atoms with E-state index in [1.807, 2.05) is 0 Å². The van der Waals surface area contributed by atoms with Crippen LogP contribution in [0.15, 0.2) is 0 Å². The molecule has 1 heterocycles. The highest BCUT2D eigenvalue weighted by molar-refractivity contribution is 4.84. The molecule has 2 aliphatic rings. The molecule has 2 atom stereocenters. The third-order valence-corrected chi connectivity index (χ3v) is 3.69. The van der Waals surface area contributed by atoms with E-state index in [1.54, 1.807) is 0 Å². The van der Waals surface area contributed by atoms with Crippen molar-refractivity contribution in [3.05, 3.63) is 0 Å². The van der Waals surface area contributed by atoms with Crippen molar-refractivity contribution in [3.8, 4) is 0 Å². The van der Waals surface area contributed by atoms with Gasteiger partial charge in [-0.25, -0.2) is 0 Å². The second-order valence-electron chi connectivity index (χ2n) is 5.27. The smallest absolute Gasteiger partial charge is 0.0674 e. The summed E-state index contributed by atoms with van der Waals surface area (Å²) in [5.74, 6) is 0. The summed E-state index contributed by atoms with van der Waals surface area (Å²) < 4.78 is 5.70.